The molecule has 0 spiro atoms. The topological polar surface area (TPSA) is 69.2 Å². The third-order valence-corrected chi connectivity index (χ3v) is 4.40. The summed E-state index contributed by atoms with van der Waals surface area (Å²) in [7, 11) is 0. The third-order valence-electron chi connectivity index (χ3n) is 4.40. The third kappa shape index (κ3) is 20.0. The monoisotopic (exact) mass is 375 g/mol. The maximum absolute atomic E-state index is 11.5. The molecule has 0 aliphatic carbocycles. The molecule has 0 radical (unpaired) electrons. The van der Waals surface area contributed by atoms with Crippen molar-refractivity contribution >= 4 is 11.9 Å². The summed E-state index contributed by atoms with van der Waals surface area (Å²) in [4.78, 5) is 22.0. The van der Waals surface area contributed by atoms with Gasteiger partial charge in [-0.05, 0) is 39.0 Å². The second-order valence-corrected chi connectivity index (χ2v) is 6.94. The maximum Gasteiger partial charge on any atom is 1.00 e. The Hall–Kier alpha value is -0.320. The van der Waals surface area contributed by atoms with E-state index >= 15 is 0 Å². The number of carbonyl (C=O) groups excluding carboxylic acids is 2. The number of carboxylic acid groups (broad SMARTS) is 1. The molecule has 1 atom stereocenters. The predicted octanol–water partition coefficient (Wildman–Crippen LogP) is 1.28. The first-order valence-corrected chi connectivity index (χ1v) is 10.2. The number of nitrogens with one attached hydrogen (secondary N) is 1. The summed E-state index contributed by atoms with van der Waals surface area (Å²) in [5.41, 5.74) is 0. The van der Waals surface area contributed by atoms with Crippen LogP contribution in [0.1, 0.15) is 104 Å². The summed E-state index contributed by atoms with van der Waals surface area (Å²) in [6, 6.07) is -0.907. The minimum atomic E-state index is -1.24. The van der Waals surface area contributed by atoms with Crippen molar-refractivity contribution in [3.63, 3.8) is 0 Å². The molecule has 0 aliphatic heterocycles. The van der Waals surface area contributed by atoms with Gasteiger partial charge in [-0.25, -0.2) is 0 Å². The molecular weight excluding hydrogens is 337 g/mol. The molecule has 0 unspecified atom stereocenters. The Morgan fingerprint density at radius 1 is 0.846 bits per heavy atom. The van der Waals surface area contributed by atoms with Crippen molar-refractivity contribution in [2.45, 2.75) is 110 Å². The van der Waals surface area contributed by atoms with E-state index in [-0.39, 0.29) is 35.5 Å². The number of allylic oxidation sites excluding steroid dienone is 2. The number of unbranched alkanes of at least 4 members (excludes halogenated alkanes) is 11. The molecule has 5 heteroatoms. The first kappa shape index (κ1) is 27.9. The van der Waals surface area contributed by atoms with Gasteiger partial charge in [-0.15, -0.1) is 0 Å². The Bertz CT molecular complexity index is 372. The van der Waals surface area contributed by atoms with Crippen LogP contribution in [0.4, 0.5) is 0 Å². The smallest absolute Gasteiger partial charge is 0.548 e. The number of amides is 1. The van der Waals surface area contributed by atoms with Gasteiger partial charge in [0.25, 0.3) is 0 Å². The molecule has 0 aliphatic rings. The Morgan fingerprint density at radius 2 is 1.31 bits per heavy atom. The van der Waals surface area contributed by atoms with Crippen LogP contribution < -0.4 is 40.0 Å². The van der Waals surface area contributed by atoms with Crippen molar-refractivity contribution < 1.29 is 44.3 Å². The van der Waals surface area contributed by atoms with E-state index in [0.29, 0.717) is 6.42 Å². The molecule has 0 saturated heterocycles. The fraction of sp³-hybridized carbons (Fsp3) is 0.810. The van der Waals surface area contributed by atoms with Crippen LogP contribution in [0, 0.1) is 0 Å². The second-order valence-electron chi connectivity index (χ2n) is 6.94. The predicted molar refractivity (Wildman–Crippen MR) is 102 cm³/mol. The van der Waals surface area contributed by atoms with Crippen molar-refractivity contribution in [1.82, 2.24) is 5.32 Å². The molecule has 0 aromatic carbocycles. The zero-order valence-electron chi connectivity index (χ0n) is 17.4. The molecule has 1 N–H and O–H groups in total. The van der Waals surface area contributed by atoms with Crippen LogP contribution in [-0.2, 0) is 9.59 Å². The average Bonchev–Trinajstić information content (AvgIpc) is 2.58. The van der Waals surface area contributed by atoms with E-state index in [9.17, 15) is 14.7 Å². The molecule has 0 heterocycles. The number of hydrogen-bond donors (Lipinski definition) is 1. The van der Waals surface area contributed by atoms with E-state index in [2.05, 4.69) is 24.4 Å². The summed E-state index contributed by atoms with van der Waals surface area (Å²) < 4.78 is 0. The van der Waals surface area contributed by atoms with Crippen LogP contribution in [0.25, 0.3) is 0 Å². The van der Waals surface area contributed by atoms with Crippen LogP contribution in [0.5, 0.6) is 0 Å². The largest absolute Gasteiger partial charge is 1.00 e. The molecule has 1 amide bonds. The van der Waals surface area contributed by atoms with E-state index < -0.39 is 12.0 Å². The van der Waals surface area contributed by atoms with E-state index in [4.69, 9.17) is 0 Å². The van der Waals surface area contributed by atoms with Crippen LogP contribution >= 0.6 is 0 Å². The molecule has 0 aromatic rings. The second kappa shape index (κ2) is 21.0. The Balaban J connectivity index is 0. The maximum atomic E-state index is 11.5. The van der Waals surface area contributed by atoms with Gasteiger partial charge in [-0.3, -0.25) is 4.79 Å². The summed E-state index contributed by atoms with van der Waals surface area (Å²) in [5.74, 6) is -1.44. The van der Waals surface area contributed by atoms with Crippen molar-refractivity contribution in [3.8, 4) is 0 Å². The van der Waals surface area contributed by atoms with E-state index in [1.165, 1.54) is 64.7 Å². The summed E-state index contributed by atoms with van der Waals surface area (Å²) >= 11 is 0. The number of aliphatic carboxylic acids is 1. The number of rotatable bonds is 17. The van der Waals surface area contributed by atoms with Gasteiger partial charge in [0, 0.05) is 6.42 Å². The molecule has 0 rings (SSSR count). The van der Waals surface area contributed by atoms with Crippen molar-refractivity contribution in [2.24, 2.45) is 0 Å². The number of hydrogen-bond acceptors (Lipinski definition) is 3. The normalized spacial score (nSPS) is 11.9. The Labute approximate surface area is 182 Å². The van der Waals surface area contributed by atoms with Crippen molar-refractivity contribution in [3.05, 3.63) is 12.2 Å². The average molecular weight is 376 g/mol. The fourth-order valence-electron chi connectivity index (χ4n) is 2.73. The van der Waals surface area contributed by atoms with Crippen molar-refractivity contribution in [2.75, 3.05) is 0 Å². The zero-order valence-corrected chi connectivity index (χ0v) is 19.4. The van der Waals surface area contributed by atoms with Gasteiger partial charge in [0.1, 0.15) is 0 Å². The minimum Gasteiger partial charge on any atom is -0.548 e. The molecule has 0 bridgehead atoms. The fourth-order valence-corrected chi connectivity index (χ4v) is 2.73. The van der Waals surface area contributed by atoms with Crippen LogP contribution in [0.3, 0.4) is 0 Å². The van der Waals surface area contributed by atoms with Gasteiger partial charge >= 0.3 is 29.6 Å². The van der Waals surface area contributed by atoms with Gasteiger partial charge in [-0.2, -0.15) is 0 Å². The quantitative estimate of drug-likeness (QED) is 0.237. The first-order valence-electron chi connectivity index (χ1n) is 10.2. The van der Waals surface area contributed by atoms with Gasteiger partial charge in [0.2, 0.25) is 5.91 Å². The van der Waals surface area contributed by atoms with Crippen LogP contribution in [0.2, 0.25) is 0 Å². The Kier molecular flexibility index (Phi) is 22.5. The SMILES string of the molecule is CCCCCCCC/C=C\CCCCCCCC(=O)N[C@@H](C)C(=O)[O-].[Na+]. The summed E-state index contributed by atoms with van der Waals surface area (Å²) in [6.45, 7) is 3.67. The standard InChI is InChI=1S/C21H39NO3.Na/c1-3-4-5-6-7-8-9-10-11-12-13-14-15-16-17-18-20(23)22-19(2)21(24)25;/h10-11,19H,3-9,12-18H2,1-2H3,(H,22,23)(H,24,25);/q;+1/p-1/b11-10-;/t19-;/m0./s1. The van der Waals surface area contributed by atoms with Gasteiger partial charge in [-0.1, -0.05) is 70.4 Å². The van der Waals surface area contributed by atoms with E-state index in [1.54, 1.807) is 0 Å². The Morgan fingerprint density at radius 3 is 1.81 bits per heavy atom. The summed E-state index contributed by atoms with van der Waals surface area (Å²) in [6.07, 6.45) is 20.9. The molecule has 146 valence electrons. The zero-order chi connectivity index (χ0) is 18.8. The van der Waals surface area contributed by atoms with Gasteiger partial charge in [0.15, 0.2) is 0 Å². The molecule has 4 nitrogen and oxygen atoms in total. The molecule has 0 saturated carbocycles. The summed E-state index contributed by atoms with van der Waals surface area (Å²) in [5, 5.41) is 12.9. The first-order chi connectivity index (χ1) is 12.1. The van der Waals surface area contributed by atoms with Gasteiger partial charge in [0.05, 0.1) is 12.0 Å². The molecule has 0 aromatic heterocycles. The van der Waals surface area contributed by atoms with Crippen molar-refractivity contribution in [1.29, 1.82) is 0 Å². The van der Waals surface area contributed by atoms with Crippen LogP contribution in [-0.4, -0.2) is 17.9 Å². The number of carboxylic acids is 1. The minimum absolute atomic E-state index is 0. The van der Waals surface area contributed by atoms with E-state index in [0.717, 1.165) is 25.7 Å². The van der Waals surface area contributed by atoms with Gasteiger partial charge < -0.3 is 15.2 Å². The number of carbonyl (C=O) groups is 2. The van der Waals surface area contributed by atoms with E-state index in [1.807, 2.05) is 0 Å². The molecule has 26 heavy (non-hydrogen) atoms. The molecular formula is C21H38NNaO3. The van der Waals surface area contributed by atoms with Crippen LogP contribution in [0.15, 0.2) is 12.2 Å². The molecule has 0 fully saturated rings.